The lowest BCUT2D eigenvalue weighted by Gasteiger charge is -2.23. The molecule has 1 aromatic heterocycles. The standard InChI is InChI=1S/C16H19BrClFN2/c17-12-8-15-14(9-13(12)19)20-16(10-18)21(15)11-6-4-2-1-3-5-7-11/h8-9,11H,1-7,10H2. The maximum Gasteiger partial charge on any atom is 0.139 e. The van der Waals surface area contributed by atoms with E-state index in [1.807, 2.05) is 6.07 Å². The quantitative estimate of drug-likeness (QED) is 0.594. The van der Waals surface area contributed by atoms with Gasteiger partial charge in [0.25, 0.3) is 0 Å². The van der Waals surface area contributed by atoms with Crippen LogP contribution >= 0.6 is 27.5 Å². The fraction of sp³-hybridized carbons (Fsp3) is 0.562. The molecule has 114 valence electrons. The van der Waals surface area contributed by atoms with Gasteiger partial charge in [-0.25, -0.2) is 9.37 Å². The van der Waals surface area contributed by atoms with Crippen LogP contribution in [0.1, 0.15) is 56.8 Å². The summed E-state index contributed by atoms with van der Waals surface area (Å²) in [5.74, 6) is 0.949. The van der Waals surface area contributed by atoms with Crippen LogP contribution in [0.25, 0.3) is 11.0 Å². The van der Waals surface area contributed by atoms with Gasteiger partial charge in [0.15, 0.2) is 0 Å². The van der Waals surface area contributed by atoms with Crippen LogP contribution in [0, 0.1) is 5.82 Å². The minimum atomic E-state index is -0.272. The van der Waals surface area contributed by atoms with Gasteiger partial charge in [0.2, 0.25) is 0 Å². The first-order valence-electron chi connectivity index (χ1n) is 7.62. The molecule has 1 saturated carbocycles. The Bertz CT molecular complexity index is 633. The van der Waals surface area contributed by atoms with E-state index in [1.165, 1.54) is 38.2 Å². The Kier molecular flexibility index (Phi) is 4.85. The first kappa shape index (κ1) is 15.3. The molecule has 0 bridgehead atoms. The molecule has 1 fully saturated rings. The first-order chi connectivity index (χ1) is 10.2. The monoisotopic (exact) mass is 372 g/mol. The minimum Gasteiger partial charge on any atom is -0.324 e. The molecular weight excluding hydrogens is 355 g/mol. The van der Waals surface area contributed by atoms with E-state index in [2.05, 4.69) is 25.5 Å². The molecule has 0 N–H and O–H groups in total. The van der Waals surface area contributed by atoms with E-state index in [0.29, 0.717) is 21.9 Å². The maximum atomic E-state index is 13.7. The van der Waals surface area contributed by atoms with Crippen LogP contribution in [0.15, 0.2) is 16.6 Å². The molecule has 2 nitrogen and oxygen atoms in total. The van der Waals surface area contributed by atoms with Crippen molar-refractivity contribution in [3.63, 3.8) is 0 Å². The number of alkyl halides is 1. The summed E-state index contributed by atoms with van der Waals surface area (Å²) in [4.78, 5) is 4.53. The molecule has 1 aliphatic carbocycles. The topological polar surface area (TPSA) is 17.8 Å². The highest BCUT2D eigenvalue weighted by Gasteiger charge is 2.20. The van der Waals surface area contributed by atoms with Gasteiger partial charge < -0.3 is 4.57 Å². The van der Waals surface area contributed by atoms with Gasteiger partial charge in [-0.1, -0.05) is 32.1 Å². The van der Waals surface area contributed by atoms with Crippen LogP contribution in [0.4, 0.5) is 4.39 Å². The highest BCUT2D eigenvalue weighted by Crippen LogP contribution is 2.33. The molecule has 3 rings (SSSR count). The molecule has 0 radical (unpaired) electrons. The van der Waals surface area contributed by atoms with E-state index in [4.69, 9.17) is 11.6 Å². The fourth-order valence-corrected chi connectivity index (χ4v) is 3.85. The third-order valence-corrected chi connectivity index (χ3v) is 5.21. The van der Waals surface area contributed by atoms with Crippen molar-refractivity contribution < 1.29 is 4.39 Å². The van der Waals surface area contributed by atoms with Gasteiger partial charge in [-0.15, -0.1) is 11.6 Å². The molecule has 5 heteroatoms. The van der Waals surface area contributed by atoms with Gasteiger partial charge in [-0.05, 0) is 34.8 Å². The number of aromatic nitrogens is 2. The molecular formula is C16H19BrClFN2. The van der Waals surface area contributed by atoms with Crippen molar-refractivity contribution in [2.45, 2.75) is 56.9 Å². The number of hydrogen-bond acceptors (Lipinski definition) is 1. The Hall–Kier alpha value is -0.610. The Morgan fingerprint density at radius 1 is 1.19 bits per heavy atom. The number of fused-ring (bicyclic) bond motifs is 1. The molecule has 0 amide bonds. The van der Waals surface area contributed by atoms with Crippen LogP contribution in [0.5, 0.6) is 0 Å². The zero-order chi connectivity index (χ0) is 14.8. The lowest BCUT2D eigenvalue weighted by Crippen LogP contribution is -2.13. The Labute approximate surface area is 137 Å². The smallest absolute Gasteiger partial charge is 0.139 e. The third-order valence-electron chi connectivity index (χ3n) is 4.36. The Balaban J connectivity index is 2.07. The number of benzene rings is 1. The van der Waals surface area contributed by atoms with Crippen LogP contribution in [-0.4, -0.2) is 9.55 Å². The summed E-state index contributed by atoms with van der Waals surface area (Å²) < 4.78 is 16.5. The molecule has 21 heavy (non-hydrogen) atoms. The Morgan fingerprint density at radius 3 is 2.52 bits per heavy atom. The van der Waals surface area contributed by atoms with Gasteiger partial charge in [0.05, 0.1) is 21.4 Å². The molecule has 0 saturated heterocycles. The average Bonchev–Trinajstić information content (AvgIpc) is 2.77. The highest BCUT2D eigenvalue weighted by atomic mass is 79.9. The van der Waals surface area contributed by atoms with Crippen LogP contribution in [-0.2, 0) is 5.88 Å². The second-order valence-electron chi connectivity index (χ2n) is 5.79. The van der Waals surface area contributed by atoms with Crippen molar-refractivity contribution in [2.24, 2.45) is 0 Å². The molecule has 2 aromatic rings. The fourth-order valence-electron chi connectivity index (χ4n) is 3.33. The summed E-state index contributed by atoms with van der Waals surface area (Å²) in [5.41, 5.74) is 1.69. The van der Waals surface area contributed by atoms with Gasteiger partial charge in [-0.2, -0.15) is 0 Å². The second kappa shape index (κ2) is 6.66. The highest BCUT2D eigenvalue weighted by molar-refractivity contribution is 9.10. The second-order valence-corrected chi connectivity index (χ2v) is 6.91. The predicted octanol–water partition coefficient (Wildman–Crippen LogP) is 5.96. The Morgan fingerprint density at radius 2 is 1.86 bits per heavy atom. The summed E-state index contributed by atoms with van der Waals surface area (Å²) in [7, 11) is 0. The lowest BCUT2D eigenvalue weighted by molar-refractivity contribution is 0.373. The zero-order valence-electron chi connectivity index (χ0n) is 11.9. The van der Waals surface area contributed by atoms with E-state index in [9.17, 15) is 4.39 Å². The predicted molar refractivity (Wildman–Crippen MR) is 88.3 cm³/mol. The molecule has 0 unspecified atom stereocenters. The van der Waals surface area contributed by atoms with Gasteiger partial charge in [-0.3, -0.25) is 0 Å². The third kappa shape index (κ3) is 3.11. The molecule has 0 atom stereocenters. The lowest BCUT2D eigenvalue weighted by atomic mass is 9.96. The van der Waals surface area contributed by atoms with Crippen LogP contribution in [0.3, 0.4) is 0 Å². The summed E-state index contributed by atoms with van der Waals surface area (Å²) in [5, 5.41) is 0. The van der Waals surface area contributed by atoms with Gasteiger partial charge in [0.1, 0.15) is 11.6 Å². The molecule has 0 aliphatic heterocycles. The van der Waals surface area contributed by atoms with E-state index >= 15 is 0 Å². The SMILES string of the molecule is Fc1cc2nc(CCl)n(C3CCCCCCC3)c2cc1Br. The van der Waals surface area contributed by atoms with Crippen molar-refractivity contribution in [2.75, 3.05) is 0 Å². The van der Waals surface area contributed by atoms with E-state index < -0.39 is 0 Å². The van der Waals surface area contributed by atoms with Crippen molar-refractivity contribution in [1.82, 2.24) is 9.55 Å². The van der Waals surface area contributed by atoms with E-state index in [-0.39, 0.29) is 5.82 Å². The van der Waals surface area contributed by atoms with Crippen molar-refractivity contribution in [3.05, 3.63) is 28.2 Å². The van der Waals surface area contributed by atoms with E-state index in [1.54, 1.807) is 0 Å². The number of nitrogens with zero attached hydrogens (tertiary/aromatic N) is 2. The van der Waals surface area contributed by atoms with Crippen molar-refractivity contribution in [1.29, 1.82) is 0 Å². The average molecular weight is 374 g/mol. The zero-order valence-corrected chi connectivity index (χ0v) is 14.3. The summed E-state index contributed by atoms with van der Waals surface area (Å²) in [6.07, 6.45) is 8.75. The van der Waals surface area contributed by atoms with Crippen LogP contribution in [0.2, 0.25) is 0 Å². The summed E-state index contributed by atoms with van der Waals surface area (Å²) in [6, 6.07) is 3.77. The molecule has 1 heterocycles. The summed E-state index contributed by atoms with van der Waals surface area (Å²) in [6.45, 7) is 0. The normalized spacial score (nSPS) is 17.9. The first-order valence-corrected chi connectivity index (χ1v) is 8.95. The van der Waals surface area contributed by atoms with Crippen LogP contribution < -0.4 is 0 Å². The largest absolute Gasteiger partial charge is 0.324 e. The van der Waals surface area contributed by atoms with Gasteiger partial charge >= 0.3 is 0 Å². The number of hydrogen-bond donors (Lipinski definition) is 0. The van der Waals surface area contributed by atoms with Crippen molar-refractivity contribution in [3.8, 4) is 0 Å². The summed E-state index contributed by atoms with van der Waals surface area (Å²) >= 11 is 9.37. The number of rotatable bonds is 2. The maximum absolute atomic E-state index is 13.7. The minimum absolute atomic E-state index is 0.272. The molecule has 0 spiro atoms. The van der Waals surface area contributed by atoms with E-state index in [0.717, 1.165) is 24.2 Å². The number of imidazole rings is 1. The molecule has 1 aromatic carbocycles. The van der Waals surface area contributed by atoms with Gasteiger partial charge in [0, 0.05) is 12.1 Å². The molecule has 1 aliphatic rings. The number of halogens is 3. The van der Waals surface area contributed by atoms with Crippen molar-refractivity contribution >= 4 is 38.6 Å².